The summed E-state index contributed by atoms with van der Waals surface area (Å²) in [5.74, 6) is -0.0444. The van der Waals surface area contributed by atoms with Crippen LogP contribution in [0.5, 0.6) is 5.75 Å². The molecule has 0 spiro atoms. The molecule has 2 amide bonds. The highest BCUT2D eigenvalue weighted by atomic mass is 16.5. The first-order valence-electron chi connectivity index (χ1n) is 6.13. The number of hydrogen-bond donors (Lipinski definition) is 3. The first-order chi connectivity index (χ1) is 9.11. The number of carbonyl (C=O) groups is 2. The summed E-state index contributed by atoms with van der Waals surface area (Å²) in [4.78, 5) is 22.1. The predicted molar refractivity (Wildman–Crippen MR) is 72.9 cm³/mol. The lowest BCUT2D eigenvalue weighted by Gasteiger charge is -2.07. The molecule has 0 fully saturated rings. The average Bonchev–Trinajstić information content (AvgIpc) is 2.38. The minimum atomic E-state index is -0.527. The lowest BCUT2D eigenvalue weighted by atomic mass is 10.3. The fourth-order valence-electron chi connectivity index (χ4n) is 1.39. The first-order valence-corrected chi connectivity index (χ1v) is 6.13. The molecular weight excluding hydrogens is 246 g/mol. The molecule has 0 radical (unpaired) electrons. The van der Waals surface area contributed by atoms with Gasteiger partial charge < -0.3 is 21.1 Å². The third-order valence-electron chi connectivity index (χ3n) is 2.30. The maximum Gasteiger partial charge on any atom is 0.255 e. The van der Waals surface area contributed by atoms with E-state index in [4.69, 9.17) is 10.5 Å². The number of nitrogens with one attached hydrogen (secondary N) is 2. The van der Waals surface area contributed by atoms with E-state index in [1.165, 1.54) is 0 Å². The van der Waals surface area contributed by atoms with Crippen LogP contribution in [0.15, 0.2) is 24.3 Å². The molecular formula is C13H19N3O3. The van der Waals surface area contributed by atoms with Crippen LogP contribution in [0, 0.1) is 0 Å². The fraction of sp³-hybridized carbons (Fsp3) is 0.385. The minimum Gasteiger partial charge on any atom is -0.484 e. The standard InChI is InChI=1S/C13H19N3O3/c1-2-15-8-7-13(18)16-10-3-5-11(6-4-10)19-9-12(14)17/h3-6,15H,2,7-9H2,1H3,(H2,14,17)(H,16,18). The molecule has 0 aromatic heterocycles. The van der Waals surface area contributed by atoms with E-state index in [0.717, 1.165) is 6.54 Å². The summed E-state index contributed by atoms with van der Waals surface area (Å²) in [6, 6.07) is 6.76. The van der Waals surface area contributed by atoms with E-state index < -0.39 is 5.91 Å². The van der Waals surface area contributed by atoms with Crippen LogP contribution in [0.25, 0.3) is 0 Å². The summed E-state index contributed by atoms with van der Waals surface area (Å²) in [7, 11) is 0. The van der Waals surface area contributed by atoms with Gasteiger partial charge in [0.15, 0.2) is 6.61 Å². The summed E-state index contributed by atoms with van der Waals surface area (Å²) >= 11 is 0. The number of nitrogens with two attached hydrogens (primary N) is 1. The van der Waals surface area contributed by atoms with Gasteiger partial charge in [0.2, 0.25) is 5.91 Å². The van der Waals surface area contributed by atoms with E-state index in [2.05, 4.69) is 10.6 Å². The topological polar surface area (TPSA) is 93.4 Å². The number of hydrogen-bond acceptors (Lipinski definition) is 4. The van der Waals surface area contributed by atoms with E-state index in [1.807, 2.05) is 6.92 Å². The van der Waals surface area contributed by atoms with Crippen molar-refractivity contribution in [3.05, 3.63) is 24.3 Å². The molecule has 6 nitrogen and oxygen atoms in total. The van der Waals surface area contributed by atoms with Gasteiger partial charge in [-0.3, -0.25) is 9.59 Å². The van der Waals surface area contributed by atoms with Crippen LogP contribution in [-0.2, 0) is 9.59 Å². The Morgan fingerprint density at radius 2 is 1.95 bits per heavy atom. The molecule has 0 saturated heterocycles. The van der Waals surface area contributed by atoms with E-state index in [0.29, 0.717) is 24.4 Å². The van der Waals surface area contributed by atoms with E-state index in [9.17, 15) is 9.59 Å². The van der Waals surface area contributed by atoms with Crippen molar-refractivity contribution in [3.63, 3.8) is 0 Å². The van der Waals surface area contributed by atoms with Gasteiger partial charge in [-0.15, -0.1) is 0 Å². The van der Waals surface area contributed by atoms with Gasteiger partial charge in [0, 0.05) is 18.7 Å². The number of ether oxygens (including phenoxy) is 1. The van der Waals surface area contributed by atoms with Crippen LogP contribution in [0.4, 0.5) is 5.69 Å². The number of rotatable bonds is 8. The summed E-state index contributed by atoms with van der Waals surface area (Å²) < 4.78 is 5.11. The molecule has 0 heterocycles. The molecule has 1 rings (SSSR count). The van der Waals surface area contributed by atoms with Crippen molar-refractivity contribution < 1.29 is 14.3 Å². The maximum absolute atomic E-state index is 11.5. The highest BCUT2D eigenvalue weighted by molar-refractivity contribution is 5.90. The molecule has 6 heteroatoms. The largest absolute Gasteiger partial charge is 0.484 e. The molecule has 0 bridgehead atoms. The normalized spacial score (nSPS) is 9.95. The Hall–Kier alpha value is -2.08. The third-order valence-corrected chi connectivity index (χ3v) is 2.30. The fourth-order valence-corrected chi connectivity index (χ4v) is 1.39. The van der Waals surface area contributed by atoms with Crippen molar-refractivity contribution in [1.82, 2.24) is 5.32 Å². The number of anilines is 1. The molecule has 1 aromatic carbocycles. The molecule has 0 aliphatic heterocycles. The van der Waals surface area contributed by atoms with Crippen LogP contribution in [0.3, 0.4) is 0 Å². The van der Waals surface area contributed by atoms with Gasteiger partial charge >= 0.3 is 0 Å². The Balaban J connectivity index is 2.39. The summed E-state index contributed by atoms with van der Waals surface area (Å²) in [5.41, 5.74) is 5.66. The van der Waals surface area contributed by atoms with Crippen LogP contribution < -0.4 is 21.1 Å². The van der Waals surface area contributed by atoms with Crippen LogP contribution in [0.2, 0.25) is 0 Å². The SMILES string of the molecule is CCNCCC(=O)Nc1ccc(OCC(N)=O)cc1. The Morgan fingerprint density at radius 3 is 2.53 bits per heavy atom. The quantitative estimate of drug-likeness (QED) is 0.596. The molecule has 0 aliphatic carbocycles. The molecule has 4 N–H and O–H groups in total. The molecule has 0 saturated carbocycles. The summed E-state index contributed by atoms with van der Waals surface area (Å²) in [6.07, 6.45) is 0.424. The Morgan fingerprint density at radius 1 is 1.26 bits per heavy atom. The second-order valence-electron chi connectivity index (χ2n) is 3.93. The molecule has 0 atom stereocenters. The second-order valence-corrected chi connectivity index (χ2v) is 3.93. The number of amides is 2. The van der Waals surface area contributed by atoms with Crippen molar-refractivity contribution in [1.29, 1.82) is 0 Å². The maximum atomic E-state index is 11.5. The molecule has 104 valence electrons. The van der Waals surface area contributed by atoms with Gasteiger partial charge in [-0.25, -0.2) is 0 Å². The summed E-state index contributed by atoms with van der Waals surface area (Å²) in [6.45, 7) is 3.33. The molecule has 1 aromatic rings. The zero-order valence-corrected chi connectivity index (χ0v) is 10.9. The highest BCUT2D eigenvalue weighted by Crippen LogP contribution is 2.15. The second kappa shape index (κ2) is 8.10. The zero-order valence-electron chi connectivity index (χ0n) is 10.9. The molecule has 0 unspecified atom stereocenters. The lowest BCUT2D eigenvalue weighted by Crippen LogP contribution is -2.21. The van der Waals surface area contributed by atoms with Gasteiger partial charge in [-0.2, -0.15) is 0 Å². The predicted octanol–water partition coefficient (Wildman–Crippen LogP) is 0.489. The van der Waals surface area contributed by atoms with E-state index in [-0.39, 0.29) is 12.5 Å². The van der Waals surface area contributed by atoms with E-state index >= 15 is 0 Å². The zero-order chi connectivity index (χ0) is 14.1. The monoisotopic (exact) mass is 265 g/mol. The van der Waals surface area contributed by atoms with Gasteiger partial charge in [-0.05, 0) is 30.8 Å². The first kappa shape index (κ1) is 15.0. The molecule has 0 aliphatic rings. The number of carbonyl (C=O) groups excluding carboxylic acids is 2. The van der Waals surface area contributed by atoms with Crippen molar-refractivity contribution in [2.45, 2.75) is 13.3 Å². The van der Waals surface area contributed by atoms with Gasteiger partial charge in [0.25, 0.3) is 5.91 Å². The van der Waals surface area contributed by atoms with Crippen LogP contribution in [-0.4, -0.2) is 31.5 Å². The molecule has 19 heavy (non-hydrogen) atoms. The van der Waals surface area contributed by atoms with Crippen molar-refractivity contribution in [2.24, 2.45) is 5.73 Å². The third kappa shape index (κ3) is 6.42. The van der Waals surface area contributed by atoms with Crippen LogP contribution >= 0.6 is 0 Å². The minimum absolute atomic E-state index is 0.0493. The van der Waals surface area contributed by atoms with Crippen molar-refractivity contribution >= 4 is 17.5 Å². The number of benzene rings is 1. The highest BCUT2D eigenvalue weighted by Gasteiger charge is 2.02. The Labute approximate surface area is 112 Å². The number of primary amides is 1. The summed E-state index contributed by atoms with van der Waals surface area (Å²) in [5, 5.41) is 5.84. The smallest absolute Gasteiger partial charge is 0.255 e. The lowest BCUT2D eigenvalue weighted by molar-refractivity contribution is -0.120. The average molecular weight is 265 g/mol. The van der Waals surface area contributed by atoms with Crippen LogP contribution in [0.1, 0.15) is 13.3 Å². The van der Waals surface area contributed by atoms with Crippen molar-refractivity contribution in [3.8, 4) is 5.75 Å². The van der Waals surface area contributed by atoms with Gasteiger partial charge in [0.1, 0.15) is 5.75 Å². The Kier molecular flexibility index (Phi) is 6.38. The van der Waals surface area contributed by atoms with Gasteiger partial charge in [-0.1, -0.05) is 6.92 Å². The van der Waals surface area contributed by atoms with Crippen molar-refractivity contribution in [2.75, 3.05) is 25.0 Å². The Bertz CT molecular complexity index is 418. The van der Waals surface area contributed by atoms with E-state index in [1.54, 1.807) is 24.3 Å². The van der Waals surface area contributed by atoms with Gasteiger partial charge in [0.05, 0.1) is 0 Å².